The fraction of sp³-hybridized carbons (Fsp3) is 0.0417. The molecule has 4 aromatic rings. The molecule has 1 heterocycles. The number of esters is 1. The van der Waals surface area contributed by atoms with E-state index in [-0.39, 0.29) is 6.61 Å². The minimum atomic E-state index is -0.534. The van der Waals surface area contributed by atoms with Crippen molar-refractivity contribution in [3.8, 4) is 11.5 Å². The van der Waals surface area contributed by atoms with E-state index in [9.17, 15) is 9.59 Å². The van der Waals surface area contributed by atoms with Gasteiger partial charge in [-0.3, -0.25) is 4.79 Å². The van der Waals surface area contributed by atoms with Crippen LogP contribution in [0.25, 0.3) is 10.1 Å². The van der Waals surface area contributed by atoms with E-state index in [4.69, 9.17) is 21.1 Å². The predicted octanol–water partition coefficient (Wildman–Crippen LogP) is 6.07. The van der Waals surface area contributed by atoms with Crippen molar-refractivity contribution in [1.29, 1.82) is 0 Å². The van der Waals surface area contributed by atoms with Crippen molar-refractivity contribution in [2.24, 2.45) is 5.10 Å². The summed E-state index contributed by atoms with van der Waals surface area (Å²) in [5.74, 6) is -0.0416. The molecule has 4 rings (SSSR count). The summed E-state index contributed by atoms with van der Waals surface area (Å²) in [6.07, 6.45) is 1.45. The molecule has 0 aliphatic heterocycles. The molecule has 0 spiro atoms. The van der Waals surface area contributed by atoms with Crippen molar-refractivity contribution in [2.45, 2.75) is 0 Å². The van der Waals surface area contributed by atoms with Crippen LogP contribution in [0.3, 0.4) is 0 Å². The van der Waals surface area contributed by atoms with Crippen molar-refractivity contribution < 1.29 is 19.1 Å². The Morgan fingerprint density at radius 1 is 1.03 bits per heavy atom. The number of hydrazone groups is 1. The van der Waals surface area contributed by atoms with Gasteiger partial charge in [-0.15, -0.1) is 11.3 Å². The smallest absolute Gasteiger partial charge is 0.355 e. The van der Waals surface area contributed by atoms with E-state index in [1.165, 1.54) is 17.6 Å². The number of hydrogen-bond donors (Lipinski definition) is 1. The normalized spacial score (nSPS) is 11.0. The molecule has 6 nitrogen and oxygen atoms in total. The summed E-state index contributed by atoms with van der Waals surface area (Å²) >= 11 is 11.0. The topological polar surface area (TPSA) is 77.0 Å². The van der Waals surface area contributed by atoms with Crippen LogP contribution in [-0.4, -0.2) is 24.7 Å². The van der Waals surface area contributed by atoms with Gasteiger partial charge in [0.2, 0.25) is 0 Å². The summed E-state index contributed by atoms with van der Waals surface area (Å²) in [6.45, 7) is -0.179. The number of carbonyl (C=O) groups is 2. The van der Waals surface area contributed by atoms with Crippen molar-refractivity contribution >= 4 is 67.0 Å². The molecule has 0 aliphatic carbocycles. The van der Waals surface area contributed by atoms with Crippen LogP contribution in [0.2, 0.25) is 5.02 Å². The standard InChI is InChI=1S/C24H16BrClN2O4S/c25-16-6-4-7-17(12-16)31-14-21(29)28-27-13-15-5-3-8-18(11-15)32-24(30)23-22(26)19-9-1-2-10-20(19)33-23/h1-13H,14H2,(H,28,29). The van der Waals surface area contributed by atoms with E-state index in [1.54, 1.807) is 36.4 Å². The Bertz CT molecular complexity index is 1360. The number of ether oxygens (including phenoxy) is 2. The van der Waals surface area contributed by atoms with Gasteiger partial charge < -0.3 is 9.47 Å². The van der Waals surface area contributed by atoms with Crippen LogP contribution in [0.5, 0.6) is 11.5 Å². The number of amides is 1. The van der Waals surface area contributed by atoms with Gasteiger partial charge in [-0.05, 0) is 42.0 Å². The van der Waals surface area contributed by atoms with Crippen molar-refractivity contribution in [3.05, 3.63) is 92.7 Å². The molecule has 3 aromatic carbocycles. The third-order valence-electron chi connectivity index (χ3n) is 4.36. The van der Waals surface area contributed by atoms with Gasteiger partial charge >= 0.3 is 5.97 Å². The SMILES string of the molecule is O=C(COc1cccc(Br)c1)NN=Cc1cccc(OC(=O)c2sc3ccccc3c2Cl)c1. The number of thiophene rings is 1. The van der Waals surface area contributed by atoms with Crippen LogP contribution in [0.15, 0.2) is 82.4 Å². The molecule has 0 atom stereocenters. The summed E-state index contributed by atoms with van der Waals surface area (Å²) in [6, 6.07) is 21.5. The first-order chi connectivity index (χ1) is 16.0. The second-order valence-corrected chi connectivity index (χ2v) is 9.09. The summed E-state index contributed by atoms with van der Waals surface area (Å²) in [5.41, 5.74) is 3.03. The van der Waals surface area contributed by atoms with Crippen LogP contribution in [0.4, 0.5) is 0 Å². The van der Waals surface area contributed by atoms with Gasteiger partial charge in [-0.2, -0.15) is 5.10 Å². The highest BCUT2D eigenvalue weighted by Gasteiger charge is 2.19. The van der Waals surface area contributed by atoms with Gasteiger partial charge in [0.25, 0.3) is 5.91 Å². The van der Waals surface area contributed by atoms with Gasteiger partial charge in [0.15, 0.2) is 6.61 Å². The Labute approximate surface area is 206 Å². The minimum absolute atomic E-state index is 0.179. The molecule has 33 heavy (non-hydrogen) atoms. The summed E-state index contributed by atoms with van der Waals surface area (Å²) in [7, 11) is 0. The van der Waals surface area contributed by atoms with E-state index in [1.807, 2.05) is 36.4 Å². The Morgan fingerprint density at radius 3 is 2.64 bits per heavy atom. The van der Waals surface area contributed by atoms with Crippen LogP contribution in [0, 0.1) is 0 Å². The van der Waals surface area contributed by atoms with Crippen molar-refractivity contribution in [3.63, 3.8) is 0 Å². The van der Waals surface area contributed by atoms with Crippen molar-refractivity contribution in [1.82, 2.24) is 5.43 Å². The predicted molar refractivity (Wildman–Crippen MR) is 134 cm³/mol. The van der Waals surface area contributed by atoms with Gasteiger partial charge in [0.05, 0.1) is 11.2 Å². The lowest BCUT2D eigenvalue weighted by atomic mass is 10.2. The van der Waals surface area contributed by atoms with Crippen LogP contribution >= 0.6 is 38.9 Å². The molecule has 0 saturated heterocycles. The molecular formula is C24H16BrClN2O4S. The molecule has 1 N–H and O–H groups in total. The monoisotopic (exact) mass is 542 g/mol. The zero-order chi connectivity index (χ0) is 23.2. The molecule has 0 fully saturated rings. The van der Waals surface area contributed by atoms with Gasteiger partial charge in [-0.1, -0.05) is 63.9 Å². The fourth-order valence-corrected chi connectivity index (χ4v) is 4.64. The number of nitrogens with one attached hydrogen (secondary N) is 1. The zero-order valence-electron chi connectivity index (χ0n) is 17.0. The second kappa shape index (κ2) is 10.6. The van der Waals surface area contributed by atoms with E-state index < -0.39 is 11.9 Å². The van der Waals surface area contributed by atoms with E-state index in [2.05, 4.69) is 26.5 Å². The number of carbonyl (C=O) groups excluding carboxylic acids is 2. The lowest BCUT2D eigenvalue weighted by Crippen LogP contribution is -2.24. The zero-order valence-corrected chi connectivity index (χ0v) is 20.1. The lowest BCUT2D eigenvalue weighted by molar-refractivity contribution is -0.123. The highest BCUT2D eigenvalue weighted by atomic mass is 79.9. The maximum Gasteiger partial charge on any atom is 0.355 e. The molecule has 0 unspecified atom stereocenters. The highest BCUT2D eigenvalue weighted by molar-refractivity contribution is 9.10. The van der Waals surface area contributed by atoms with E-state index in [0.29, 0.717) is 27.0 Å². The number of rotatable bonds is 7. The molecular weight excluding hydrogens is 528 g/mol. The maximum atomic E-state index is 12.6. The molecule has 9 heteroatoms. The minimum Gasteiger partial charge on any atom is -0.484 e. The Kier molecular flexibility index (Phi) is 7.39. The first-order valence-corrected chi connectivity index (χ1v) is 11.7. The first kappa shape index (κ1) is 23.0. The number of fused-ring (bicyclic) bond motifs is 1. The lowest BCUT2D eigenvalue weighted by Gasteiger charge is -2.05. The molecule has 1 amide bonds. The molecule has 0 saturated carbocycles. The summed E-state index contributed by atoms with van der Waals surface area (Å²) < 4.78 is 12.7. The number of halogens is 2. The third kappa shape index (κ3) is 5.98. The Hall–Kier alpha value is -3.20. The van der Waals surface area contributed by atoms with E-state index >= 15 is 0 Å². The fourth-order valence-electron chi connectivity index (χ4n) is 2.87. The first-order valence-electron chi connectivity index (χ1n) is 9.69. The Balaban J connectivity index is 1.34. The summed E-state index contributed by atoms with van der Waals surface area (Å²) in [5, 5.41) is 5.12. The highest BCUT2D eigenvalue weighted by Crippen LogP contribution is 2.35. The molecule has 0 radical (unpaired) electrons. The third-order valence-corrected chi connectivity index (χ3v) is 6.51. The van der Waals surface area contributed by atoms with Crippen LogP contribution in [-0.2, 0) is 4.79 Å². The average Bonchev–Trinajstić information content (AvgIpc) is 3.15. The van der Waals surface area contributed by atoms with Gasteiger partial charge in [0, 0.05) is 14.6 Å². The molecule has 1 aromatic heterocycles. The molecule has 0 bridgehead atoms. The second-order valence-electron chi connectivity index (χ2n) is 6.74. The van der Waals surface area contributed by atoms with Crippen LogP contribution in [0.1, 0.15) is 15.2 Å². The van der Waals surface area contributed by atoms with Gasteiger partial charge in [-0.25, -0.2) is 10.2 Å². The summed E-state index contributed by atoms with van der Waals surface area (Å²) in [4.78, 5) is 24.9. The van der Waals surface area contributed by atoms with E-state index in [0.717, 1.165) is 14.6 Å². The average molecular weight is 544 g/mol. The quantitative estimate of drug-likeness (QED) is 0.133. The molecule has 0 aliphatic rings. The molecule has 166 valence electrons. The maximum absolute atomic E-state index is 12.6. The number of benzene rings is 3. The number of nitrogens with zero attached hydrogens (tertiary/aromatic N) is 1. The largest absolute Gasteiger partial charge is 0.484 e. The van der Waals surface area contributed by atoms with Crippen LogP contribution < -0.4 is 14.9 Å². The van der Waals surface area contributed by atoms with Gasteiger partial charge in [0.1, 0.15) is 16.4 Å². The number of hydrogen-bond acceptors (Lipinski definition) is 6. The van der Waals surface area contributed by atoms with Crippen molar-refractivity contribution in [2.75, 3.05) is 6.61 Å². The Morgan fingerprint density at radius 2 is 1.82 bits per heavy atom.